The highest BCUT2D eigenvalue weighted by atomic mass is 16.4. The van der Waals surface area contributed by atoms with E-state index in [9.17, 15) is 43.5 Å². The molecule has 412 valence electrons. The zero-order chi connectivity index (χ0) is 55.9. The number of fused-ring (bicyclic) bond motifs is 1. The molecule has 0 spiro atoms. The number of nitrogens with zero attached hydrogens (tertiary/aromatic N) is 3. The number of guanidine groups is 2. The number of benzene rings is 2. The lowest BCUT2D eigenvalue weighted by Crippen LogP contribution is -2.60. The second kappa shape index (κ2) is 30.0. The van der Waals surface area contributed by atoms with Crippen molar-refractivity contribution in [2.45, 2.75) is 127 Å². The van der Waals surface area contributed by atoms with Gasteiger partial charge in [-0.15, -0.1) is 0 Å². The van der Waals surface area contributed by atoms with E-state index in [1.807, 2.05) is 32.0 Å². The molecule has 7 amide bonds. The number of carboxylic acid groups (broad SMARTS) is 1. The summed E-state index contributed by atoms with van der Waals surface area (Å²) in [6.07, 6.45) is 4.83. The molecular weight excluding hydrogens is 983 g/mol. The van der Waals surface area contributed by atoms with Gasteiger partial charge in [-0.05, 0) is 69.1 Å². The summed E-state index contributed by atoms with van der Waals surface area (Å²) >= 11 is 0. The maximum Gasteiger partial charge on any atom is 0.326 e. The Morgan fingerprint density at radius 3 is 1.66 bits per heavy atom. The Labute approximate surface area is 439 Å². The zero-order valence-electron chi connectivity index (χ0n) is 43.1. The van der Waals surface area contributed by atoms with Gasteiger partial charge in [-0.3, -0.25) is 43.5 Å². The summed E-state index contributed by atoms with van der Waals surface area (Å²) in [4.78, 5) is 128. The van der Waals surface area contributed by atoms with E-state index in [1.54, 1.807) is 42.6 Å². The van der Waals surface area contributed by atoms with Gasteiger partial charge in [-0.25, -0.2) is 9.78 Å². The topological polar surface area (TPSA) is 440 Å². The molecule has 26 nitrogen and oxygen atoms in total. The van der Waals surface area contributed by atoms with Crippen molar-refractivity contribution < 1.29 is 43.5 Å². The molecule has 4 rings (SSSR count). The van der Waals surface area contributed by atoms with Crippen LogP contribution in [0.4, 0.5) is 0 Å². The van der Waals surface area contributed by atoms with Crippen LogP contribution in [0, 0.1) is 5.92 Å². The molecule has 0 radical (unpaired) electrons. The molecule has 20 N–H and O–H groups in total. The molecule has 2 heterocycles. The molecule has 76 heavy (non-hydrogen) atoms. The quantitative estimate of drug-likeness (QED) is 0.0146. The number of amides is 7. The largest absolute Gasteiger partial charge is 0.480 e. The van der Waals surface area contributed by atoms with Crippen molar-refractivity contribution in [1.82, 2.24) is 52.2 Å². The summed E-state index contributed by atoms with van der Waals surface area (Å²) in [5, 5.41) is 29.4. The van der Waals surface area contributed by atoms with Crippen molar-refractivity contribution in [2.24, 2.45) is 44.6 Å². The third-order valence-corrected chi connectivity index (χ3v) is 11.9. The number of aliphatic carboxylic acids is 1. The van der Waals surface area contributed by atoms with Crippen LogP contribution in [-0.4, -0.2) is 141 Å². The Morgan fingerprint density at radius 2 is 1.08 bits per heavy atom. The van der Waals surface area contributed by atoms with Crippen molar-refractivity contribution in [3.8, 4) is 0 Å². The standard InChI is InChI=1S/C50H73N17O9/c1-27(2)20-37(66-47(74)40(64-41(68)28(3)51)23-32-25-56-26-60-32)44(71)62-35(16-10-18-57-49(52)53)43(70)61-29(4)42(69)65-38(21-30-12-6-5-7-13-30)45(72)67-39(22-31-24-59-34-15-9-8-14-33(31)34)46(73)63-36(48(75)76)17-11-19-58-50(54)55/h5-9,12-15,24-29,35-40,59H,10-11,16-23,51H2,1-4H3,(H,56,60)(H,61,70)(H,62,71)(H,63,73)(H,64,68)(H,65,69)(H,66,74)(H,67,72)(H,75,76)(H4,52,53,57)(H4,54,55,58)/t28-,29-,35-,36-,37-,38-,39-,40-/m0/s1. The van der Waals surface area contributed by atoms with Crippen LogP contribution in [0.25, 0.3) is 10.9 Å². The van der Waals surface area contributed by atoms with Crippen molar-refractivity contribution in [2.75, 3.05) is 13.1 Å². The van der Waals surface area contributed by atoms with Crippen LogP contribution < -0.4 is 65.9 Å². The number of hydrogen-bond donors (Lipinski definition) is 15. The summed E-state index contributed by atoms with van der Waals surface area (Å²) < 4.78 is 0. The van der Waals surface area contributed by atoms with Crippen molar-refractivity contribution in [3.05, 3.63) is 90.1 Å². The fourth-order valence-electron chi connectivity index (χ4n) is 7.92. The number of rotatable bonds is 31. The smallest absolute Gasteiger partial charge is 0.326 e. The van der Waals surface area contributed by atoms with Crippen molar-refractivity contribution >= 4 is 70.1 Å². The number of nitrogens with one attached hydrogen (secondary N) is 9. The number of aliphatic imine (C=N–C) groups is 2. The van der Waals surface area contributed by atoms with Crippen LogP contribution in [0.3, 0.4) is 0 Å². The van der Waals surface area contributed by atoms with Gasteiger partial charge in [0.25, 0.3) is 0 Å². The van der Waals surface area contributed by atoms with Crippen LogP contribution in [-0.2, 0) is 57.6 Å². The summed E-state index contributed by atoms with van der Waals surface area (Å²) in [7, 11) is 0. The number of imidazole rings is 1. The Hall–Kier alpha value is -8.55. The number of carbonyl (C=O) groups excluding carboxylic acids is 7. The Bertz CT molecular complexity index is 2630. The second-order valence-electron chi connectivity index (χ2n) is 18.8. The summed E-state index contributed by atoms with van der Waals surface area (Å²) in [5.41, 5.74) is 30.2. The van der Waals surface area contributed by atoms with Gasteiger partial charge in [0.1, 0.15) is 42.3 Å². The van der Waals surface area contributed by atoms with E-state index >= 15 is 0 Å². The first kappa shape index (κ1) is 60.0. The van der Waals surface area contributed by atoms with E-state index in [0.717, 1.165) is 10.9 Å². The number of para-hydroxylation sites is 1. The molecule has 0 aliphatic carbocycles. The molecule has 0 aliphatic rings. The number of carbonyl (C=O) groups is 8. The van der Waals surface area contributed by atoms with Crippen LogP contribution >= 0.6 is 0 Å². The third-order valence-electron chi connectivity index (χ3n) is 11.9. The summed E-state index contributed by atoms with van der Waals surface area (Å²) in [5.74, 6) is -7.15. The number of nitrogens with two attached hydrogens (primary N) is 5. The summed E-state index contributed by atoms with van der Waals surface area (Å²) in [6, 6.07) is 5.92. The highest BCUT2D eigenvalue weighted by molar-refractivity contribution is 5.98. The van der Waals surface area contributed by atoms with Gasteiger partial charge in [0, 0.05) is 61.3 Å². The fourth-order valence-corrected chi connectivity index (χ4v) is 7.92. The predicted octanol–water partition coefficient (Wildman–Crippen LogP) is -2.08. The maximum atomic E-state index is 14.5. The first-order chi connectivity index (χ1) is 36.1. The fraction of sp³-hybridized carbons (Fsp3) is 0.460. The van der Waals surface area contributed by atoms with E-state index in [1.165, 1.54) is 26.4 Å². The average Bonchev–Trinajstić information content (AvgIpc) is 4.04. The Kier molecular flexibility index (Phi) is 23.7. The minimum atomic E-state index is -1.38. The average molecular weight is 1060 g/mol. The van der Waals surface area contributed by atoms with E-state index in [4.69, 9.17) is 28.7 Å². The van der Waals surface area contributed by atoms with Gasteiger partial charge in [0.15, 0.2) is 11.9 Å². The molecule has 0 saturated carbocycles. The van der Waals surface area contributed by atoms with Gasteiger partial charge < -0.3 is 81.0 Å². The molecule has 0 aliphatic heterocycles. The molecule has 26 heteroatoms. The van der Waals surface area contributed by atoms with Crippen LogP contribution in [0.1, 0.15) is 76.6 Å². The number of hydrogen-bond acceptors (Lipinski definition) is 12. The molecular formula is C50H73N17O9. The van der Waals surface area contributed by atoms with Gasteiger partial charge in [0.05, 0.1) is 12.4 Å². The number of aromatic amines is 2. The summed E-state index contributed by atoms with van der Waals surface area (Å²) in [6.45, 7) is 6.65. The maximum absolute atomic E-state index is 14.5. The second-order valence-corrected chi connectivity index (χ2v) is 18.8. The normalized spacial score (nSPS) is 14.2. The first-order valence-corrected chi connectivity index (χ1v) is 24.9. The lowest BCUT2D eigenvalue weighted by atomic mass is 10.0. The van der Waals surface area contributed by atoms with Crippen molar-refractivity contribution in [3.63, 3.8) is 0 Å². The zero-order valence-corrected chi connectivity index (χ0v) is 43.1. The molecule has 0 bridgehead atoms. The van der Waals surface area contributed by atoms with Crippen molar-refractivity contribution in [1.29, 1.82) is 0 Å². The highest BCUT2D eigenvalue weighted by Crippen LogP contribution is 2.20. The van der Waals surface area contributed by atoms with Gasteiger partial charge in [-0.1, -0.05) is 62.4 Å². The van der Waals surface area contributed by atoms with Crippen LogP contribution in [0.5, 0.6) is 0 Å². The van der Waals surface area contributed by atoms with E-state index in [2.05, 4.69) is 62.2 Å². The number of H-pyrrole nitrogens is 2. The minimum Gasteiger partial charge on any atom is -0.480 e. The third kappa shape index (κ3) is 20.0. The van der Waals surface area contributed by atoms with E-state index < -0.39 is 95.7 Å². The molecule has 0 unspecified atom stereocenters. The highest BCUT2D eigenvalue weighted by Gasteiger charge is 2.34. The van der Waals surface area contributed by atoms with Crippen LogP contribution in [0.2, 0.25) is 0 Å². The Morgan fingerprint density at radius 1 is 0.579 bits per heavy atom. The predicted molar refractivity (Wildman–Crippen MR) is 284 cm³/mol. The van der Waals surface area contributed by atoms with Gasteiger partial charge in [-0.2, -0.15) is 0 Å². The molecule has 4 aromatic rings. The lowest BCUT2D eigenvalue weighted by molar-refractivity contribution is -0.142. The van der Waals surface area contributed by atoms with Crippen LogP contribution in [0.15, 0.2) is 83.3 Å². The molecule has 8 atom stereocenters. The molecule has 0 saturated heterocycles. The number of aromatic nitrogens is 3. The SMILES string of the molecule is CC(C)C[C@H](NC(=O)[C@H](Cc1cnc[nH]1)NC(=O)[C@H](C)N)C(=O)N[C@@H](CCCN=C(N)N)C(=O)N[C@@H](C)C(=O)N[C@@H](Cc1ccccc1)C(=O)N[C@@H](Cc1c[nH]c2ccccc12)C(=O)N[C@@H](CCCN=C(N)N)C(=O)O. The number of carboxylic acids is 1. The van der Waals surface area contributed by atoms with E-state index in [-0.39, 0.29) is 82.3 Å². The van der Waals surface area contributed by atoms with Gasteiger partial charge in [0.2, 0.25) is 41.4 Å². The van der Waals surface area contributed by atoms with E-state index in [0.29, 0.717) is 16.8 Å². The lowest BCUT2D eigenvalue weighted by Gasteiger charge is -2.27. The monoisotopic (exact) mass is 1060 g/mol. The minimum absolute atomic E-state index is 0.0122. The molecule has 0 fully saturated rings. The van der Waals surface area contributed by atoms with Gasteiger partial charge >= 0.3 is 5.97 Å². The Balaban J connectivity index is 1.57. The first-order valence-electron chi connectivity index (χ1n) is 24.9. The molecule has 2 aromatic carbocycles. The molecule has 2 aromatic heterocycles.